The second-order valence-corrected chi connectivity index (χ2v) is 5.94. The van der Waals surface area contributed by atoms with Crippen molar-refractivity contribution < 1.29 is 4.74 Å². The van der Waals surface area contributed by atoms with E-state index in [-0.39, 0.29) is 6.04 Å². The van der Waals surface area contributed by atoms with E-state index in [1.165, 1.54) is 0 Å². The van der Waals surface area contributed by atoms with E-state index in [4.69, 9.17) is 10.5 Å². The maximum atomic E-state index is 5.71. The van der Waals surface area contributed by atoms with Crippen LogP contribution in [-0.2, 0) is 12.3 Å². The molecule has 0 aliphatic carbocycles. The van der Waals surface area contributed by atoms with Gasteiger partial charge in [0.15, 0.2) is 5.16 Å². The molecule has 6 nitrogen and oxygen atoms in total. The highest BCUT2D eigenvalue weighted by atomic mass is 32.2. The first-order valence-corrected chi connectivity index (χ1v) is 7.82. The summed E-state index contributed by atoms with van der Waals surface area (Å²) in [7, 11) is 1.66. The van der Waals surface area contributed by atoms with Gasteiger partial charge in [-0.05, 0) is 20.8 Å². The summed E-state index contributed by atoms with van der Waals surface area (Å²) >= 11 is 1.61. The third-order valence-corrected chi connectivity index (χ3v) is 3.98. The first kappa shape index (κ1) is 15.8. The van der Waals surface area contributed by atoms with Gasteiger partial charge in [-0.3, -0.25) is 4.98 Å². The van der Waals surface area contributed by atoms with Gasteiger partial charge in [0.1, 0.15) is 11.6 Å². The summed E-state index contributed by atoms with van der Waals surface area (Å²) in [5.74, 6) is 2.35. The number of hydrogen-bond acceptors (Lipinski definition) is 6. The number of rotatable bonds is 6. The van der Waals surface area contributed by atoms with Crippen molar-refractivity contribution in [2.75, 3.05) is 7.11 Å². The molecular formula is C14H21N5OS. The standard InChI is InChI=1S/C14H21N5OS/c1-9(2)19-13(7-15)17-18-14(19)21-8-11-6-12(20-4)5-10(3)16-11/h5-6,9H,7-8,15H2,1-4H3. The normalized spacial score (nSPS) is 11.1. The van der Waals surface area contributed by atoms with Crippen LogP contribution in [0.1, 0.15) is 37.1 Å². The van der Waals surface area contributed by atoms with Crippen LogP contribution in [0.4, 0.5) is 0 Å². The summed E-state index contributed by atoms with van der Waals surface area (Å²) < 4.78 is 7.34. The van der Waals surface area contributed by atoms with Crippen LogP contribution in [0.2, 0.25) is 0 Å². The minimum absolute atomic E-state index is 0.279. The van der Waals surface area contributed by atoms with Gasteiger partial charge in [0.2, 0.25) is 0 Å². The lowest BCUT2D eigenvalue weighted by Gasteiger charge is -2.12. The lowest BCUT2D eigenvalue weighted by molar-refractivity contribution is 0.413. The summed E-state index contributed by atoms with van der Waals surface area (Å²) in [6.07, 6.45) is 0. The zero-order valence-corrected chi connectivity index (χ0v) is 13.6. The lowest BCUT2D eigenvalue weighted by Crippen LogP contribution is -2.11. The smallest absolute Gasteiger partial charge is 0.191 e. The summed E-state index contributed by atoms with van der Waals surface area (Å²) in [6.45, 7) is 6.54. The fourth-order valence-electron chi connectivity index (χ4n) is 2.10. The highest BCUT2D eigenvalue weighted by Gasteiger charge is 2.14. The van der Waals surface area contributed by atoms with Gasteiger partial charge in [-0.1, -0.05) is 11.8 Å². The quantitative estimate of drug-likeness (QED) is 0.825. The Hall–Kier alpha value is -1.60. The van der Waals surface area contributed by atoms with Crippen molar-refractivity contribution in [2.24, 2.45) is 5.73 Å². The molecule has 0 radical (unpaired) electrons. The van der Waals surface area contributed by atoms with Gasteiger partial charge in [-0.2, -0.15) is 0 Å². The molecule has 114 valence electrons. The van der Waals surface area contributed by atoms with Crippen LogP contribution in [0.25, 0.3) is 0 Å². The number of pyridine rings is 1. The fourth-order valence-corrected chi connectivity index (χ4v) is 3.08. The number of methoxy groups -OCH3 is 1. The van der Waals surface area contributed by atoms with Crippen LogP contribution in [0.3, 0.4) is 0 Å². The van der Waals surface area contributed by atoms with Crippen molar-refractivity contribution >= 4 is 11.8 Å². The largest absolute Gasteiger partial charge is 0.497 e. The van der Waals surface area contributed by atoms with Crippen LogP contribution in [0, 0.1) is 6.92 Å². The molecule has 0 aliphatic heterocycles. The molecule has 2 heterocycles. The molecule has 2 rings (SSSR count). The molecule has 2 aromatic rings. The number of hydrogen-bond donors (Lipinski definition) is 1. The molecule has 0 spiro atoms. The number of aryl methyl sites for hydroxylation is 1. The van der Waals surface area contributed by atoms with Gasteiger partial charge in [0.05, 0.1) is 19.3 Å². The number of nitrogens with zero attached hydrogens (tertiary/aromatic N) is 4. The lowest BCUT2D eigenvalue weighted by atomic mass is 10.3. The van der Waals surface area contributed by atoms with Crippen LogP contribution in [0.15, 0.2) is 17.3 Å². The molecule has 2 N–H and O–H groups in total. The fraction of sp³-hybridized carbons (Fsp3) is 0.500. The third-order valence-electron chi connectivity index (χ3n) is 3.00. The Balaban J connectivity index is 2.17. The molecule has 0 fully saturated rings. The van der Waals surface area contributed by atoms with Crippen molar-refractivity contribution in [3.8, 4) is 5.75 Å². The summed E-state index contributed by atoms with van der Waals surface area (Å²) in [4.78, 5) is 4.52. The number of thioether (sulfide) groups is 1. The van der Waals surface area contributed by atoms with E-state index < -0.39 is 0 Å². The Labute approximate surface area is 129 Å². The van der Waals surface area contributed by atoms with Crippen LogP contribution >= 0.6 is 11.8 Å². The van der Waals surface area contributed by atoms with E-state index in [0.717, 1.165) is 28.1 Å². The van der Waals surface area contributed by atoms with E-state index in [2.05, 4.69) is 33.6 Å². The zero-order chi connectivity index (χ0) is 15.4. The van der Waals surface area contributed by atoms with Crippen LogP contribution in [0.5, 0.6) is 5.75 Å². The van der Waals surface area contributed by atoms with E-state index in [1.807, 2.05) is 19.1 Å². The van der Waals surface area contributed by atoms with Gasteiger partial charge >= 0.3 is 0 Å². The topological polar surface area (TPSA) is 78.8 Å². The van der Waals surface area contributed by atoms with Crippen LogP contribution in [-0.4, -0.2) is 26.9 Å². The average molecular weight is 307 g/mol. The minimum Gasteiger partial charge on any atom is -0.497 e. The predicted octanol–water partition coefficient (Wildman–Crippen LogP) is 2.32. The van der Waals surface area contributed by atoms with Gasteiger partial charge < -0.3 is 15.0 Å². The molecule has 0 unspecified atom stereocenters. The monoisotopic (exact) mass is 307 g/mol. The predicted molar refractivity (Wildman–Crippen MR) is 83.4 cm³/mol. The summed E-state index contributed by atoms with van der Waals surface area (Å²) in [5, 5.41) is 9.23. The maximum Gasteiger partial charge on any atom is 0.191 e. The average Bonchev–Trinajstić information content (AvgIpc) is 2.87. The SMILES string of the molecule is COc1cc(C)nc(CSc2nnc(CN)n2C(C)C)c1. The van der Waals surface area contributed by atoms with E-state index in [9.17, 15) is 0 Å². The van der Waals surface area contributed by atoms with Crippen molar-refractivity contribution in [3.05, 3.63) is 29.3 Å². The molecule has 0 aromatic carbocycles. The molecule has 0 atom stereocenters. The minimum atomic E-state index is 0.279. The third kappa shape index (κ3) is 3.74. The Kier molecular flexibility index (Phi) is 5.19. The van der Waals surface area contributed by atoms with E-state index in [0.29, 0.717) is 12.3 Å². The van der Waals surface area contributed by atoms with E-state index in [1.54, 1.807) is 18.9 Å². The Morgan fingerprint density at radius 2 is 2.10 bits per heavy atom. The molecule has 0 aliphatic rings. The summed E-state index contributed by atoms with van der Waals surface area (Å²) in [5.41, 5.74) is 7.61. The first-order chi connectivity index (χ1) is 10.0. The Morgan fingerprint density at radius 3 is 2.71 bits per heavy atom. The molecule has 0 bridgehead atoms. The number of aromatic nitrogens is 4. The van der Waals surface area contributed by atoms with E-state index >= 15 is 0 Å². The van der Waals surface area contributed by atoms with Crippen molar-refractivity contribution in [1.29, 1.82) is 0 Å². The van der Waals surface area contributed by atoms with Gasteiger partial charge in [0, 0.05) is 29.6 Å². The molecule has 0 saturated heterocycles. The molecule has 0 saturated carbocycles. The molecule has 0 amide bonds. The number of ether oxygens (including phenoxy) is 1. The van der Waals surface area contributed by atoms with Crippen molar-refractivity contribution in [3.63, 3.8) is 0 Å². The molecule has 2 aromatic heterocycles. The highest BCUT2D eigenvalue weighted by Crippen LogP contribution is 2.25. The Morgan fingerprint density at radius 1 is 1.33 bits per heavy atom. The second kappa shape index (κ2) is 6.91. The van der Waals surface area contributed by atoms with Crippen molar-refractivity contribution in [2.45, 2.75) is 44.3 Å². The zero-order valence-electron chi connectivity index (χ0n) is 12.8. The Bertz CT molecular complexity index is 611. The molecular weight excluding hydrogens is 286 g/mol. The van der Waals surface area contributed by atoms with Gasteiger partial charge in [0.25, 0.3) is 0 Å². The molecule has 21 heavy (non-hydrogen) atoms. The van der Waals surface area contributed by atoms with Gasteiger partial charge in [-0.25, -0.2) is 0 Å². The van der Waals surface area contributed by atoms with Crippen LogP contribution < -0.4 is 10.5 Å². The second-order valence-electron chi connectivity index (χ2n) is 5.00. The number of nitrogens with two attached hydrogens (primary N) is 1. The van der Waals surface area contributed by atoms with Gasteiger partial charge in [-0.15, -0.1) is 10.2 Å². The van der Waals surface area contributed by atoms with Crippen molar-refractivity contribution in [1.82, 2.24) is 19.7 Å². The first-order valence-electron chi connectivity index (χ1n) is 6.83. The maximum absolute atomic E-state index is 5.71. The highest BCUT2D eigenvalue weighted by molar-refractivity contribution is 7.98. The molecule has 7 heteroatoms. The summed E-state index contributed by atoms with van der Waals surface area (Å²) in [6, 6.07) is 4.14.